The summed E-state index contributed by atoms with van der Waals surface area (Å²) in [7, 11) is 0. The molecule has 1 unspecified atom stereocenters. The molecule has 0 spiro atoms. The van der Waals surface area contributed by atoms with E-state index in [-0.39, 0.29) is 0 Å². The van der Waals surface area contributed by atoms with E-state index in [0.29, 0.717) is 6.04 Å². The zero-order chi connectivity index (χ0) is 8.10. The Bertz CT molecular complexity index is 152. The van der Waals surface area contributed by atoms with E-state index in [1.807, 2.05) is 12.4 Å². The van der Waals surface area contributed by atoms with E-state index in [1.165, 1.54) is 6.42 Å². The first-order chi connectivity index (χ1) is 5.34. The van der Waals surface area contributed by atoms with E-state index >= 15 is 0 Å². The van der Waals surface area contributed by atoms with Crippen molar-refractivity contribution < 1.29 is 0 Å². The zero-order valence-corrected chi connectivity index (χ0v) is 7.16. The van der Waals surface area contributed by atoms with E-state index in [4.69, 9.17) is 0 Å². The molecule has 1 heterocycles. The predicted molar refractivity (Wildman–Crippen MR) is 49.0 cm³/mol. The van der Waals surface area contributed by atoms with Crippen molar-refractivity contribution >= 4 is 6.34 Å². The lowest BCUT2D eigenvalue weighted by molar-refractivity contribution is 0.349. The normalized spacial score (nSPS) is 18.8. The molecular weight excluding hydrogens is 136 g/mol. The summed E-state index contributed by atoms with van der Waals surface area (Å²) in [5.74, 6) is 0. The van der Waals surface area contributed by atoms with Crippen LogP contribution in [0.4, 0.5) is 0 Å². The van der Waals surface area contributed by atoms with Gasteiger partial charge >= 0.3 is 0 Å². The van der Waals surface area contributed by atoms with Gasteiger partial charge in [-0.05, 0) is 19.8 Å². The minimum atomic E-state index is 0.624. The molecule has 0 aromatic rings. The molecule has 2 nitrogen and oxygen atoms in total. The first-order valence-electron chi connectivity index (χ1n) is 4.21. The number of hydrogen-bond acceptors (Lipinski definition) is 2. The third-order valence-electron chi connectivity index (χ3n) is 2.07. The van der Waals surface area contributed by atoms with Crippen molar-refractivity contribution in [3.63, 3.8) is 0 Å². The molecule has 0 aliphatic carbocycles. The molecule has 0 saturated heterocycles. The van der Waals surface area contributed by atoms with Crippen LogP contribution in [0.15, 0.2) is 17.6 Å². The van der Waals surface area contributed by atoms with Gasteiger partial charge in [-0.25, -0.2) is 0 Å². The van der Waals surface area contributed by atoms with Gasteiger partial charge in [0.05, 0.1) is 12.9 Å². The summed E-state index contributed by atoms with van der Waals surface area (Å²) in [5.41, 5.74) is 0. The maximum atomic E-state index is 4.17. The van der Waals surface area contributed by atoms with Crippen LogP contribution in [0.2, 0.25) is 0 Å². The molecule has 2 heteroatoms. The Balaban J connectivity index is 2.22. The van der Waals surface area contributed by atoms with Gasteiger partial charge in [0.2, 0.25) is 0 Å². The third kappa shape index (κ3) is 2.37. The third-order valence-corrected chi connectivity index (χ3v) is 2.07. The van der Waals surface area contributed by atoms with Crippen molar-refractivity contribution in [2.24, 2.45) is 4.99 Å². The molecule has 1 aliphatic rings. The van der Waals surface area contributed by atoms with E-state index in [1.54, 1.807) is 0 Å². The monoisotopic (exact) mass is 152 g/mol. The van der Waals surface area contributed by atoms with Crippen molar-refractivity contribution in [2.75, 3.05) is 13.1 Å². The maximum Gasteiger partial charge on any atom is 0.0853 e. The van der Waals surface area contributed by atoms with Crippen LogP contribution in [0, 0.1) is 0 Å². The quantitative estimate of drug-likeness (QED) is 0.560. The standard InChI is InChI=1S/C9H16N2/c1-3-4-5-9(2)11-7-6-10-8-11/h3,8-9H,1,4-7H2,2H3. The average molecular weight is 152 g/mol. The average Bonchev–Trinajstić information content (AvgIpc) is 2.52. The lowest BCUT2D eigenvalue weighted by atomic mass is 10.1. The molecule has 1 rings (SSSR count). The summed E-state index contributed by atoms with van der Waals surface area (Å²) < 4.78 is 0. The molecular formula is C9H16N2. The zero-order valence-electron chi connectivity index (χ0n) is 7.16. The topological polar surface area (TPSA) is 15.6 Å². The van der Waals surface area contributed by atoms with Crippen molar-refractivity contribution in [1.29, 1.82) is 0 Å². The number of allylic oxidation sites excluding steroid dienone is 1. The van der Waals surface area contributed by atoms with Crippen LogP contribution in [-0.4, -0.2) is 30.4 Å². The van der Waals surface area contributed by atoms with Gasteiger partial charge in [0, 0.05) is 12.6 Å². The van der Waals surface area contributed by atoms with Crippen LogP contribution in [-0.2, 0) is 0 Å². The maximum absolute atomic E-state index is 4.17. The Labute approximate surface area is 68.6 Å². The fourth-order valence-corrected chi connectivity index (χ4v) is 1.25. The van der Waals surface area contributed by atoms with Gasteiger partial charge in [-0.1, -0.05) is 6.08 Å². The van der Waals surface area contributed by atoms with Gasteiger partial charge in [-0.2, -0.15) is 0 Å². The second-order valence-electron chi connectivity index (χ2n) is 2.97. The fourth-order valence-electron chi connectivity index (χ4n) is 1.25. The van der Waals surface area contributed by atoms with E-state index in [2.05, 4.69) is 23.4 Å². The minimum absolute atomic E-state index is 0.624. The summed E-state index contributed by atoms with van der Waals surface area (Å²) in [6.07, 6.45) is 6.23. The predicted octanol–water partition coefficient (Wildman–Crippen LogP) is 1.69. The summed E-state index contributed by atoms with van der Waals surface area (Å²) in [6, 6.07) is 0.624. The van der Waals surface area contributed by atoms with Gasteiger partial charge in [0.25, 0.3) is 0 Å². The highest BCUT2D eigenvalue weighted by molar-refractivity contribution is 5.57. The number of aliphatic imine (C=N–C) groups is 1. The van der Waals surface area contributed by atoms with Crippen molar-refractivity contribution in [1.82, 2.24) is 4.90 Å². The Morgan fingerprint density at radius 2 is 2.64 bits per heavy atom. The van der Waals surface area contributed by atoms with Crippen LogP contribution in [0.1, 0.15) is 19.8 Å². The van der Waals surface area contributed by atoms with E-state index in [0.717, 1.165) is 19.5 Å². The lowest BCUT2D eigenvalue weighted by Crippen LogP contribution is -2.29. The van der Waals surface area contributed by atoms with Gasteiger partial charge in [-0.15, -0.1) is 6.58 Å². The number of nitrogens with zero attached hydrogens (tertiary/aromatic N) is 2. The smallest absolute Gasteiger partial charge is 0.0853 e. The number of rotatable bonds is 4. The minimum Gasteiger partial charge on any atom is -0.358 e. The van der Waals surface area contributed by atoms with Crippen LogP contribution < -0.4 is 0 Å². The Morgan fingerprint density at radius 3 is 3.18 bits per heavy atom. The summed E-state index contributed by atoms with van der Waals surface area (Å²) in [6.45, 7) is 8.01. The number of hydrogen-bond donors (Lipinski definition) is 0. The van der Waals surface area contributed by atoms with Gasteiger partial charge in [-0.3, -0.25) is 4.99 Å². The lowest BCUT2D eigenvalue weighted by Gasteiger charge is -2.22. The molecule has 1 aliphatic heterocycles. The molecule has 0 radical (unpaired) electrons. The molecule has 0 bridgehead atoms. The molecule has 0 N–H and O–H groups in total. The highest BCUT2D eigenvalue weighted by atomic mass is 15.2. The van der Waals surface area contributed by atoms with Crippen molar-refractivity contribution in [3.05, 3.63) is 12.7 Å². The first-order valence-corrected chi connectivity index (χ1v) is 4.21. The fraction of sp³-hybridized carbons (Fsp3) is 0.667. The van der Waals surface area contributed by atoms with Gasteiger partial charge in [0.1, 0.15) is 0 Å². The van der Waals surface area contributed by atoms with Crippen molar-refractivity contribution in [2.45, 2.75) is 25.8 Å². The molecule has 11 heavy (non-hydrogen) atoms. The van der Waals surface area contributed by atoms with Crippen LogP contribution in [0.3, 0.4) is 0 Å². The molecule has 0 fully saturated rings. The van der Waals surface area contributed by atoms with Crippen LogP contribution in [0.5, 0.6) is 0 Å². The SMILES string of the molecule is C=CCCC(C)N1C=NCC1. The Kier molecular flexibility index (Phi) is 3.14. The van der Waals surface area contributed by atoms with Crippen LogP contribution in [0.25, 0.3) is 0 Å². The largest absolute Gasteiger partial charge is 0.358 e. The Hall–Kier alpha value is -0.790. The Morgan fingerprint density at radius 1 is 1.82 bits per heavy atom. The molecule has 1 atom stereocenters. The molecule has 0 aromatic carbocycles. The summed E-state index contributed by atoms with van der Waals surface area (Å²) in [4.78, 5) is 6.46. The summed E-state index contributed by atoms with van der Waals surface area (Å²) >= 11 is 0. The van der Waals surface area contributed by atoms with Crippen molar-refractivity contribution in [3.8, 4) is 0 Å². The van der Waals surface area contributed by atoms with Gasteiger partial charge < -0.3 is 4.90 Å². The van der Waals surface area contributed by atoms with E-state index < -0.39 is 0 Å². The highest BCUT2D eigenvalue weighted by Gasteiger charge is 2.11. The summed E-state index contributed by atoms with van der Waals surface area (Å²) in [5, 5.41) is 0. The molecule has 62 valence electrons. The second kappa shape index (κ2) is 4.16. The van der Waals surface area contributed by atoms with E-state index in [9.17, 15) is 0 Å². The second-order valence-corrected chi connectivity index (χ2v) is 2.97. The van der Waals surface area contributed by atoms with Gasteiger partial charge in [0.15, 0.2) is 0 Å². The first kappa shape index (κ1) is 8.31. The highest BCUT2D eigenvalue weighted by Crippen LogP contribution is 2.07. The van der Waals surface area contributed by atoms with Crippen LogP contribution >= 0.6 is 0 Å². The molecule has 0 amide bonds. The molecule has 0 aromatic heterocycles. The molecule has 0 saturated carbocycles.